The summed E-state index contributed by atoms with van der Waals surface area (Å²) in [5.74, 6) is -1.73. The number of nitrogens with one attached hydrogen (secondary N) is 1. The summed E-state index contributed by atoms with van der Waals surface area (Å²) in [6, 6.07) is 13.1. The lowest BCUT2D eigenvalue weighted by atomic mass is 10.1. The third-order valence-electron chi connectivity index (χ3n) is 2.88. The Labute approximate surface area is 131 Å². The number of hydrogen-bond donors (Lipinski definition) is 2. The highest BCUT2D eigenvalue weighted by molar-refractivity contribution is 6.21. The van der Waals surface area contributed by atoms with Gasteiger partial charge in [0.05, 0.1) is 0 Å². The fourth-order valence-electron chi connectivity index (χ4n) is 1.86. The van der Waals surface area contributed by atoms with Crippen molar-refractivity contribution in [1.29, 1.82) is 0 Å². The Kier molecular flexibility index (Phi) is 4.83. The van der Waals surface area contributed by atoms with E-state index in [1.807, 2.05) is 0 Å². The zero-order valence-electron chi connectivity index (χ0n) is 11.9. The Balaban J connectivity index is 2.40. The molecule has 0 heterocycles. The second-order valence-corrected chi connectivity index (χ2v) is 4.47. The standard InChI is InChI=1S/C16H13N3O4/c17-15(22)18-16(23)19(13(20)11-7-3-1-4-8-11)14(21)12-9-5-2-6-10-12/h1-10H,(H3,17,18,22,23). The molecule has 7 heteroatoms. The number of carbonyl (C=O) groups excluding carboxylic acids is 4. The quantitative estimate of drug-likeness (QED) is 0.823. The van der Waals surface area contributed by atoms with Crippen LogP contribution in [0.5, 0.6) is 0 Å². The predicted molar refractivity (Wildman–Crippen MR) is 81.5 cm³/mol. The van der Waals surface area contributed by atoms with Crippen LogP contribution in [0, 0.1) is 0 Å². The Hall–Kier alpha value is -3.48. The van der Waals surface area contributed by atoms with E-state index in [4.69, 9.17) is 5.73 Å². The minimum absolute atomic E-state index is 0.122. The van der Waals surface area contributed by atoms with Crippen molar-refractivity contribution >= 4 is 23.9 Å². The van der Waals surface area contributed by atoms with Gasteiger partial charge in [-0.1, -0.05) is 36.4 Å². The minimum Gasteiger partial charge on any atom is -0.351 e. The summed E-state index contributed by atoms with van der Waals surface area (Å²) in [5.41, 5.74) is 5.13. The van der Waals surface area contributed by atoms with Crippen molar-refractivity contribution in [2.24, 2.45) is 5.73 Å². The van der Waals surface area contributed by atoms with Gasteiger partial charge in [-0.3, -0.25) is 14.9 Å². The maximum absolute atomic E-state index is 12.5. The third-order valence-corrected chi connectivity index (χ3v) is 2.88. The van der Waals surface area contributed by atoms with E-state index in [0.717, 1.165) is 0 Å². The van der Waals surface area contributed by atoms with E-state index in [-0.39, 0.29) is 11.1 Å². The summed E-state index contributed by atoms with van der Waals surface area (Å²) < 4.78 is 0. The summed E-state index contributed by atoms with van der Waals surface area (Å²) in [7, 11) is 0. The van der Waals surface area contributed by atoms with Crippen LogP contribution in [0.1, 0.15) is 20.7 Å². The van der Waals surface area contributed by atoms with Crippen LogP contribution in [0.3, 0.4) is 0 Å². The summed E-state index contributed by atoms with van der Waals surface area (Å²) >= 11 is 0. The molecule has 116 valence electrons. The molecule has 2 aromatic carbocycles. The molecule has 0 aromatic heterocycles. The number of nitrogens with two attached hydrogens (primary N) is 1. The third kappa shape index (κ3) is 3.79. The van der Waals surface area contributed by atoms with Gasteiger partial charge >= 0.3 is 12.1 Å². The smallest absolute Gasteiger partial charge is 0.339 e. The van der Waals surface area contributed by atoms with Gasteiger partial charge in [0.1, 0.15) is 0 Å². The summed E-state index contributed by atoms with van der Waals surface area (Å²) in [6.45, 7) is 0. The lowest BCUT2D eigenvalue weighted by Gasteiger charge is -2.18. The van der Waals surface area contributed by atoms with Crippen LogP contribution < -0.4 is 11.1 Å². The van der Waals surface area contributed by atoms with Gasteiger partial charge in [-0.2, -0.15) is 4.90 Å². The second kappa shape index (κ2) is 6.99. The molecule has 0 unspecified atom stereocenters. The Morgan fingerprint density at radius 1 is 0.739 bits per heavy atom. The average molecular weight is 311 g/mol. The number of urea groups is 2. The van der Waals surface area contributed by atoms with E-state index in [1.54, 1.807) is 41.7 Å². The number of rotatable bonds is 2. The lowest BCUT2D eigenvalue weighted by Crippen LogP contribution is -2.50. The molecule has 6 amide bonds. The van der Waals surface area contributed by atoms with E-state index < -0.39 is 23.9 Å². The summed E-state index contributed by atoms with van der Waals surface area (Å²) in [4.78, 5) is 48.2. The second-order valence-electron chi connectivity index (χ2n) is 4.47. The van der Waals surface area contributed by atoms with Gasteiger partial charge in [0.2, 0.25) is 0 Å². The van der Waals surface area contributed by atoms with Gasteiger partial charge in [0.15, 0.2) is 0 Å². The van der Waals surface area contributed by atoms with Gasteiger partial charge in [-0.15, -0.1) is 0 Å². The molecule has 0 aliphatic rings. The summed E-state index contributed by atoms with van der Waals surface area (Å²) in [6.07, 6.45) is 0. The number of benzene rings is 2. The van der Waals surface area contributed by atoms with Gasteiger partial charge in [-0.05, 0) is 24.3 Å². The first-order chi connectivity index (χ1) is 11.0. The van der Waals surface area contributed by atoms with Gasteiger partial charge in [0, 0.05) is 11.1 Å². The molecule has 0 aliphatic carbocycles. The molecule has 0 aliphatic heterocycles. The van der Waals surface area contributed by atoms with Crippen molar-refractivity contribution in [2.45, 2.75) is 0 Å². The predicted octanol–water partition coefficient (Wildman–Crippen LogP) is 1.76. The van der Waals surface area contributed by atoms with E-state index in [9.17, 15) is 19.2 Å². The highest BCUT2D eigenvalue weighted by atomic mass is 16.2. The summed E-state index contributed by atoms with van der Waals surface area (Å²) in [5, 5.41) is 1.73. The van der Waals surface area contributed by atoms with Gasteiger partial charge < -0.3 is 5.73 Å². The van der Waals surface area contributed by atoms with Crippen LogP contribution in [0.2, 0.25) is 0 Å². The molecule has 0 radical (unpaired) electrons. The molecular formula is C16H13N3O4. The number of hydrogen-bond acceptors (Lipinski definition) is 4. The van der Waals surface area contributed by atoms with E-state index >= 15 is 0 Å². The molecular weight excluding hydrogens is 298 g/mol. The van der Waals surface area contributed by atoms with Crippen molar-refractivity contribution < 1.29 is 19.2 Å². The van der Waals surface area contributed by atoms with Crippen molar-refractivity contribution in [3.8, 4) is 0 Å². The SMILES string of the molecule is NC(=O)NC(=O)N(C(=O)c1ccccc1)C(=O)c1ccccc1. The molecule has 0 bridgehead atoms. The van der Waals surface area contributed by atoms with Crippen LogP contribution in [0.15, 0.2) is 60.7 Å². The number of carbonyl (C=O) groups is 4. The molecule has 0 atom stereocenters. The topological polar surface area (TPSA) is 110 Å². The number of imide groups is 4. The first-order valence-electron chi connectivity index (χ1n) is 6.60. The lowest BCUT2D eigenvalue weighted by molar-refractivity contribution is 0.0670. The fourth-order valence-corrected chi connectivity index (χ4v) is 1.86. The largest absolute Gasteiger partial charge is 0.351 e. The minimum atomic E-state index is -1.21. The maximum atomic E-state index is 12.5. The molecule has 0 fully saturated rings. The highest BCUT2D eigenvalue weighted by Gasteiger charge is 2.31. The van der Waals surface area contributed by atoms with E-state index in [1.165, 1.54) is 24.3 Å². The van der Waals surface area contributed by atoms with Gasteiger partial charge in [0.25, 0.3) is 11.8 Å². The van der Waals surface area contributed by atoms with Crippen molar-refractivity contribution in [2.75, 3.05) is 0 Å². The molecule has 2 aromatic rings. The highest BCUT2D eigenvalue weighted by Crippen LogP contribution is 2.11. The first kappa shape index (κ1) is 15.9. The van der Waals surface area contributed by atoms with Crippen molar-refractivity contribution in [3.05, 3.63) is 71.8 Å². The first-order valence-corrected chi connectivity index (χ1v) is 6.60. The zero-order chi connectivity index (χ0) is 16.8. The number of nitrogens with zero attached hydrogens (tertiary/aromatic N) is 1. The van der Waals surface area contributed by atoms with Crippen LogP contribution in [0.4, 0.5) is 9.59 Å². The molecule has 2 rings (SSSR count). The number of primary amides is 1. The van der Waals surface area contributed by atoms with Gasteiger partial charge in [-0.25, -0.2) is 9.59 Å². The fraction of sp³-hybridized carbons (Fsp3) is 0. The molecule has 0 saturated heterocycles. The van der Waals surface area contributed by atoms with Crippen molar-refractivity contribution in [3.63, 3.8) is 0 Å². The molecule has 0 saturated carbocycles. The maximum Gasteiger partial charge on any atom is 0.339 e. The Morgan fingerprint density at radius 2 is 1.13 bits per heavy atom. The van der Waals surface area contributed by atoms with E-state index in [2.05, 4.69) is 0 Å². The monoisotopic (exact) mass is 311 g/mol. The van der Waals surface area contributed by atoms with Crippen LogP contribution in [0.25, 0.3) is 0 Å². The normalized spacial score (nSPS) is 9.74. The van der Waals surface area contributed by atoms with Crippen molar-refractivity contribution in [1.82, 2.24) is 10.2 Å². The number of amides is 6. The van der Waals surface area contributed by atoms with E-state index in [0.29, 0.717) is 4.90 Å². The average Bonchev–Trinajstić information content (AvgIpc) is 2.55. The molecule has 3 N–H and O–H groups in total. The molecule has 0 spiro atoms. The molecule has 7 nitrogen and oxygen atoms in total. The Morgan fingerprint density at radius 3 is 1.48 bits per heavy atom. The molecule has 23 heavy (non-hydrogen) atoms. The van der Waals surface area contributed by atoms with Crippen LogP contribution >= 0.6 is 0 Å². The van der Waals surface area contributed by atoms with Crippen LogP contribution in [-0.2, 0) is 0 Å². The zero-order valence-corrected chi connectivity index (χ0v) is 11.9. The Bertz CT molecular complexity index is 693. The van der Waals surface area contributed by atoms with Crippen LogP contribution in [-0.4, -0.2) is 28.8 Å².